The van der Waals surface area contributed by atoms with E-state index in [4.69, 9.17) is 4.74 Å². The summed E-state index contributed by atoms with van der Waals surface area (Å²) in [6.45, 7) is 3.11. The topological polar surface area (TPSA) is 34.1 Å². The lowest BCUT2D eigenvalue weighted by Crippen LogP contribution is -2.49. The van der Waals surface area contributed by atoms with Crippen LogP contribution in [0, 0.1) is 0 Å². The average Bonchev–Trinajstić information content (AvgIpc) is 2.49. The average molecular weight is 292 g/mol. The van der Waals surface area contributed by atoms with Gasteiger partial charge in [0.2, 0.25) is 0 Å². The lowest BCUT2D eigenvalue weighted by atomic mass is 9.85. The van der Waals surface area contributed by atoms with Gasteiger partial charge in [0.05, 0.1) is 11.3 Å². The number of ether oxygens (including phenoxy) is 1. The van der Waals surface area contributed by atoms with Crippen LogP contribution >= 0.6 is 11.8 Å². The highest BCUT2D eigenvalue weighted by Gasteiger charge is 2.38. The molecule has 4 heteroatoms. The molecule has 3 nitrogen and oxygen atoms in total. The summed E-state index contributed by atoms with van der Waals surface area (Å²) in [4.78, 5) is 4.45. The van der Waals surface area contributed by atoms with E-state index < -0.39 is 0 Å². The Hall–Kier alpha value is -0.580. The predicted octanol–water partition coefficient (Wildman–Crippen LogP) is 3.18. The first kappa shape index (κ1) is 14.4. The lowest BCUT2D eigenvalue weighted by molar-refractivity contribution is -0.0941. The zero-order valence-corrected chi connectivity index (χ0v) is 13.0. The quantitative estimate of drug-likeness (QED) is 0.928. The number of rotatable bonds is 3. The molecule has 110 valence electrons. The molecule has 2 fully saturated rings. The number of aromatic nitrogens is 1. The van der Waals surface area contributed by atoms with E-state index in [1.165, 1.54) is 24.3 Å². The van der Waals surface area contributed by atoms with Crippen LogP contribution in [0.1, 0.15) is 44.3 Å². The molecule has 1 spiro atoms. The molecule has 0 radical (unpaired) electrons. The van der Waals surface area contributed by atoms with E-state index in [0.29, 0.717) is 12.1 Å². The van der Waals surface area contributed by atoms with E-state index in [1.54, 1.807) is 0 Å². The molecule has 20 heavy (non-hydrogen) atoms. The minimum atomic E-state index is 0.158. The van der Waals surface area contributed by atoms with Crippen LogP contribution in [-0.2, 0) is 4.74 Å². The first-order valence-electron chi connectivity index (χ1n) is 7.66. The van der Waals surface area contributed by atoms with E-state index >= 15 is 0 Å². The molecule has 2 atom stereocenters. The van der Waals surface area contributed by atoms with Gasteiger partial charge in [-0.25, -0.2) is 0 Å². The second-order valence-corrected chi connectivity index (χ2v) is 7.20. The first-order valence-corrected chi connectivity index (χ1v) is 8.82. The van der Waals surface area contributed by atoms with Crippen molar-refractivity contribution in [2.75, 3.05) is 18.1 Å². The SMILES string of the molecule is C[C@@H](NC1CCOC2(CCSCC2)C1)c1ccccn1. The summed E-state index contributed by atoms with van der Waals surface area (Å²) in [6.07, 6.45) is 6.58. The highest BCUT2D eigenvalue weighted by Crippen LogP contribution is 2.37. The molecule has 0 aliphatic carbocycles. The molecule has 1 aromatic heterocycles. The van der Waals surface area contributed by atoms with Gasteiger partial charge in [-0.2, -0.15) is 11.8 Å². The molecular formula is C16H24N2OS. The highest BCUT2D eigenvalue weighted by atomic mass is 32.2. The summed E-state index contributed by atoms with van der Waals surface area (Å²) in [6, 6.07) is 7.01. The van der Waals surface area contributed by atoms with Crippen molar-refractivity contribution in [2.45, 2.75) is 50.3 Å². The van der Waals surface area contributed by atoms with E-state index in [1.807, 2.05) is 12.3 Å². The van der Waals surface area contributed by atoms with Gasteiger partial charge < -0.3 is 10.1 Å². The fourth-order valence-corrected chi connectivity index (χ4v) is 4.57. The van der Waals surface area contributed by atoms with Crippen molar-refractivity contribution in [3.8, 4) is 0 Å². The van der Waals surface area contributed by atoms with Crippen LogP contribution in [0.25, 0.3) is 0 Å². The number of nitrogens with one attached hydrogen (secondary N) is 1. The van der Waals surface area contributed by atoms with Gasteiger partial charge in [-0.15, -0.1) is 0 Å². The minimum Gasteiger partial charge on any atom is -0.375 e. The molecule has 1 aromatic rings. The van der Waals surface area contributed by atoms with Crippen molar-refractivity contribution in [1.29, 1.82) is 0 Å². The van der Waals surface area contributed by atoms with E-state index in [-0.39, 0.29) is 5.60 Å². The van der Waals surface area contributed by atoms with Crippen molar-refractivity contribution in [2.24, 2.45) is 0 Å². The Morgan fingerprint density at radius 3 is 3.00 bits per heavy atom. The number of nitrogens with zero attached hydrogens (tertiary/aromatic N) is 1. The largest absolute Gasteiger partial charge is 0.375 e. The normalized spacial score (nSPS) is 27.4. The molecule has 1 N–H and O–H groups in total. The van der Waals surface area contributed by atoms with E-state index in [2.05, 4.69) is 41.1 Å². The van der Waals surface area contributed by atoms with Gasteiger partial charge in [0.15, 0.2) is 0 Å². The number of thioether (sulfide) groups is 1. The second-order valence-electron chi connectivity index (χ2n) is 5.98. The molecule has 0 aromatic carbocycles. The minimum absolute atomic E-state index is 0.158. The van der Waals surface area contributed by atoms with Gasteiger partial charge in [0, 0.05) is 24.9 Å². The summed E-state index contributed by atoms with van der Waals surface area (Å²) >= 11 is 2.06. The van der Waals surface area contributed by atoms with Crippen molar-refractivity contribution in [1.82, 2.24) is 10.3 Å². The van der Waals surface area contributed by atoms with Crippen molar-refractivity contribution >= 4 is 11.8 Å². The standard InChI is InChI=1S/C16H24N2OS/c1-13(15-4-2-3-8-17-15)18-14-5-9-19-16(12-14)6-10-20-11-7-16/h2-4,8,13-14,18H,5-7,9-12H2,1H3/t13-,14?/m1/s1. The Balaban J connectivity index is 1.60. The monoisotopic (exact) mass is 292 g/mol. The van der Waals surface area contributed by atoms with Gasteiger partial charge in [-0.05, 0) is 56.2 Å². The van der Waals surface area contributed by atoms with Gasteiger partial charge in [-0.1, -0.05) is 6.07 Å². The third-order valence-corrected chi connectivity index (χ3v) is 5.50. The van der Waals surface area contributed by atoms with Crippen LogP contribution in [0.15, 0.2) is 24.4 Å². The number of pyridine rings is 1. The van der Waals surface area contributed by atoms with Gasteiger partial charge >= 0.3 is 0 Å². The predicted molar refractivity (Wildman–Crippen MR) is 84.1 cm³/mol. The lowest BCUT2D eigenvalue weighted by Gasteiger charge is -2.44. The van der Waals surface area contributed by atoms with E-state index in [0.717, 1.165) is 25.1 Å². The molecule has 3 rings (SSSR count). The Kier molecular flexibility index (Phi) is 4.64. The van der Waals surface area contributed by atoms with Gasteiger partial charge in [-0.3, -0.25) is 4.98 Å². The number of hydrogen-bond donors (Lipinski definition) is 1. The van der Waals surface area contributed by atoms with E-state index in [9.17, 15) is 0 Å². The summed E-state index contributed by atoms with van der Waals surface area (Å²) in [5, 5.41) is 3.76. The van der Waals surface area contributed by atoms with Crippen LogP contribution in [0.2, 0.25) is 0 Å². The molecule has 2 aliphatic heterocycles. The maximum Gasteiger partial charge on any atom is 0.0713 e. The second kappa shape index (κ2) is 6.46. The van der Waals surface area contributed by atoms with Crippen LogP contribution < -0.4 is 5.32 Å². The molecule has 2 aliphatic rings. The smallest absolute Gasteiger partial charge is 0.0713 e. The zero-order valence-electron chi connectivity index (χ0n) is 12.2. The molecule has 0 amide bonds. The molecular weight excluding hydrogens is 268 g/mol. The molecule has 2 saturated heterocycles. The maximum atomic E-state index is 6.15. The third-order valence-electron chi connectivity index (χ3n) is 4.51. The molecule has 0 saturated carbocycles. The molecule has 0 bridgehead atoms. The van der Waals surface area contributed by atoms with Crippen molar-refractivity contribution in [3.05, 3.63) is 30.1 Å². The Bertz CT molecular complexity index is 414. The molecule has 1 unspecified atom stereocenters. The fraction of sp³-hybridized carbons (Fsp3) is 0.688. The van der Waals surface area contributed by atoms with Crippen LogP contribution in [0.3, 0.4) is 0 Å². The Labute approximate surface area is 125 Å². The summed E-state index contributed by atoms with van der Waals surface area (Å²) in [5.41, 5.74) is 1.29. The van der Waals surface area contributed by atoms with Gasteiger partial charge in [0.25, 0.3) is 0 Å². The van der Waals surface area contributed by atoms with Crippen LogP contribution in [0.4, 0.5) is 0 Å². The maximum absolute atomic E-state index is 6.15. The van der Waals surface area contributed by atoms with Crippen LogP contribution in [0.5, 0.6) is 0 Å². The fourth-order valence-electron chi connectivity index (χ4n) is 3.33. The summed E-state index contributed by atoms with van der Waals surface area (Å²) in [7, 11) is 0. The van der Waals surface area contributed by atoms with Crippen LogP contribution in [-0.4, -0.2) is 34.7 Å². The summed E-state index contributed by atoms with van der Waals surface area (Å²) < 4.78 is 6.15. The molecule has 3 heterocycles. The van der Waals surface area contributed by atoms with Crippen molar-refractivity contribution < 1.29 is 4.74 Å². The Morgan fingerprint density at radius 1 is 1.40 bits per heavy atom. The highest BCUT2D eigenvalue weighted by molar-refractivity contribution is 7.99. The van der Waals surface area contributed by atoms with Gasteiger partial charge in [0.1, 0.15) is 0 Å². The number of hydrogen-bond acceptors (Lipinski definition) is 4. The third kappa shape index (κ3) is 3.35. The summed E-state index contributed by atoms with van der Waals surface area (Å²) in [5.74, 6) is 2.50. The van der Waals surface area contributed by atoms with Crippen molar-refractivity contribution in [3.63, 3.8) is 0 Å². The Morgan fingerprint density at radius 2 is 2.25 bits per heavy atom. The first-order chi connectivity index (χ1) is 9.77. The zero-order chi connectivity index (χ0) is 13.8.